The molecule has 0 spiro atoms. The van der Waals surface area contributed by atoms with Crippen LogP contribution in [0, 0.1) is 5.92 Å². The van der Waals surface area contributed by atoms with Gasteiger partial charge in [-0.25, -0.2) is 4.79 Å². The summed E-state index contributed by atoms with van der Waals surface area (Å²) in [7, 11) is 0. The molecule has 0 saturated heterocycles. The van der Waals surface area contributed by atoms with E-state index in [-0.39, 0.29) is 12.1 Å². The van der Waals surface area contributed by atoms with Gasteiger partial charge in [0.25, 0.3) is 0 Å². The first-order chi connectivity index (χ1) is 12.2. The Morgan fingerprint density at radius 3 is 2.76 bits per heavy atom. The lowest BCUT2D eigenvalue weighted by molar-refractivity contribution is 0.161. The lowest BCUT2D eigenvalue weighted by Crippen LogP contribution is -2.46. The summed E-state index contributed by atoms with van der Waals surface area (Å²) in [4.78, 5) is 14.8. The number of rotatable bonds is 8. The summed E-state index contributed by atoms with van der Waals surface area (Å²) in [5, 5.41) is 7.37. The maximum absolute atomic E-state index is 12.8. The average molecular weight is 340 g/mol. The molecular formula is C20H28N4O. The van der Waals surface area contributed by atoms with Crippen LogP contribution in [0.15, 0.2) is 48.8 Å². The van der Waals surface area contributed by atoms with Gasteiger partial charge in [-0.1, -0.05) is 36.8 Å². The van der Waals surface area contributed by atoms with Crippen molar-refractivity contribution in [2.45, 2.75) is 51.7 Å². The molecule has 0 unspecified atom stereocenters. The number of carbonyl (C=O) groups is 1. The molecule has 134 valence electrons. The first kappa shape index (κ1) is 17.5. The van der Waals surface area contributed by atoms with Crippen LogP contribution in [-0.4, -0.2) is 33.3 Å². The molecule has 5 heteroatoms. The Balaban J connectivity index is 1.53. The van der Waals surface area contributed by atoms with Gasteiger partial charge in [-0.15, -0.1) is 0 Å². The molecule has 1 aromatic heterocycles. The third-order valence-corrected chi connectivity index (χ3v) is 4.93. The molecule has 1 aliphatic carbocycles. The second-order valence-corrected chi connectivity index (χ2v) is 7.07. The van der Waals surface area contributed by atoms with E-state index < -0.39 is 0 Å². The molecule has 1 aromatic carbocycles. The van der Waals surface area contributed by atoms with Crippen LogP contribution in [0.25, 0.3) is 0 Å². The minimum Gasteiger partial charge on any atom is -0.335 e. The highest BCUT2D eigenvalue weighted by Gasteiger charge is 2.24. The smallest absolute Gasteiger partial charge is 0.317 e. The molecule has 0 aliphatic heterocycles. The lowest BCUT2D eigenvalue weighted by atomic mass is 9.85. The zero-order valence-corrected chi connectivity index (χ0v) is 15.0. The molecular weight excluding hydrogens is 312 g/mol. The van der Waals surface area contributed by atoms with E-state index in [1.54, 1.807) is 6.20 Å². The number of amides is 2. The Labute approximate surface area is 150 Å². The fourth-order valence-corrected chi connectivity index (χ4v) is 3.14. The molecule has 0 bridgehead atoms. The summed E-state index contributed by atoms with van der Waals surface area (Å²) in [6.07, 6.45) is 8.39. The first-order valence-corrected chi connectivity index (χ1v) is 9.27. The van der Waals surface area contributed by atoms with Gasteiger partial charge in [0.1, 0.15) is 0 Å². The fraction of sp³-hybridized carbons (Fsp3) is 0.500. The van der Waals surface area contributed by atoms with Crippen LogP contribution in [0.2, 0.25) is 0 Å². The molecule has 2 amide bonds. The van der Waals surface area contributed by atoms with Gasteiger partial charge >= 0.3 is 6.03 Å². The molecule has 0 radical (unpaired) electrons. The Morgan fingerprint density at radius 2 is 2.12 bits per heavy atom. The quantitative estimate of drug-likeness (QED) is 0.797. The minimum atomic E-state index is 0.0451. The summed E-state index contributed by atoms with van der Waals surface area (Å²) in [5.74, 6) is 0.661. The van der Waals surface area contributed by atoms with E-state index in [2.05, 4.69) is 29.5 Å². The minimum absolute atomic E-state index is 0.0451. The summed E-state index contributed by atoms with van der Waals surface area (Å²) in [6, 6.07) is 12.3. The number of benzene rings is 1. The van der Waals surface area contributed by atoms with Crippen molar-refractivity contribution >= 4 is 6.03 Å². The van der Waals surface area contributed by atoms with Crippen molar-refractivity contribution in [2.24, 2.45) is 5.92 Å². The monoisotopic (exact) mass is 340 g/mol. The van der Waals surface area contributed by atoms with Crippen molar-refractivity contribution in [1.29, 1.82) is 0 Å². The zero-order chi connectivity index (χ0) is 17.5. The number of aromatic nitrogens is 2. The van der Waals surface area contributed by atoms with Crippen LogP contribution in [0.4, 0.5) is 4.79 Å². The topological polar surface area (TPSA) is 50.2 Å². The van der Waals surface area contributed by atoms with Crippen LogP contribution in [0.5, 0.6) is 0 Å². The Bertz CT molecular complexity index is 637. The van der Waals surface area contributed by atoms with Gasteiger partial charge in [0.05, 0.1) is 0 Å². The summed E-state index contributed by atoms with van der Waals surface area (Å²) >= 11 is 0. The van der Waals surface area contributed by atoms with Gasteiger partial charge in [0, 0.05) is 38.1 Å². The molecule has 5 nitrogen and oxygen atoms in total. The first-order valence-electron chi connectivity index (χ1n) is 9.27. The van der Waals surface area contributed by atoms with Crippen LogP contribution in [-0.2, 0) is 13.1 Å². The summed E-state index contributed by atoms with van der Waals surface area (Å²) in [5.41, 5.74) is 1.18. The molecule has 25 heavy (non-hydrogen) atoms. The van der Waals surface area contributed by atoms with E-state index in [0.717, 1.165) is 19.5 Å². The van der Waals surface area contributed by atoms with E-state index in [4.69, 9.17) is 0 Å². The highest BCUT2D eigenvalue weighted by molar-refractivity contribution is 5.74. The van der Waals surface area contributed by atoms with Crippen LogP contribution in [0.1, 0.15) is 38.2 Å². The molecule has 2 aromatic rings. The van der Waals surface area contributed by atoms with E-state index in [1.807, 2.05) is 40.0 Å². The number of hydrogen-bond acceptors (Lipinski definition) is 2. The number of nitrogens with one attached hydrogen (secondary N) is 1. The van der Waals surface area contributed by atoms with Gasteiger partial charge < -0.3 is 10.2 Å². The SMILES string of the molecule is C[C@H](CCn1cccn1)NC(=O)N(Cc1ccccc1)CC1CCC1. The number of nitrogens with zero attached hydrogens (tertiary/aromatic N) is 3. The Morgan fingerprint density at radius 1 is 1.32 bits per heavy atom. The molecule has 1 aliphatic rings. The Kier molecular flexibility index (Phi) is 6.09. The van der Waals surface area contributed by atoms with Gasteiger partial charge in [-0.05, 0) is 43.7 Å². The number of hydrogen-bond donors (Lipinski definition) is 1. The van der Waals surface area contributed by atoms with E-state index in [9.17, 15) is 4.79 Å². The lowest BCUT2D eigenvalue weighted by Gasteiger charge is -2.33. The van der Waals surface area contributed by atoms with Gasteiger partial charge in [-0.2, -0.15) is 5.10 Å². The van der Waals surface area contributed by atoms with E-state index in [0.29, 0.717) is 12.5 Å². The van der Waals surface area contributed by atoms with Crippen molar-refractivity contribution in [3.8, 4) is 0 Å². The average Bonchev–Trinajstić information content (AvgIpc) is 3.09. The summed E-state index contributed by atoms with van der Waals surface area (Å²) in [6.45, 7) is 4.41. The van der Waals surface area contributed by atoms with Crippen LogP contribution in [0.3, 0.4) is 0 Å². The predicted octanol–water partition coefficient (Wildman–Crippen LogP) is 3.67. The number of aryl methyl sites for hydroxylation is 1. The third kappa shape index (κ3) is 5.34. The maximum Gasteiger partial charge on any atom is 0.317 e. The second-order valence-electron chi connectivity index (χ2n) is 7.07. The largest absolute Gasteiger partial charge is 0.335 e. The maximum atomic E-state index is 12.8. The van der Waals surface area contributed by atoms with E-state index >= 15 is 0 Å². The van der Waals surface area contributed by atoms with E-state index in [1.165, 1.54) is 24.8 Å². The predicted molar refractivity (Wildman–Crippen MR) is 99.0 cm³/mol. The number of carbonyl (C=O) groups excluding carboxylic acids is 1. The van der Waals surface area contributed by atoms with Crippen molar-refractivity contribution < 1.29 is 4.79 Å². The van der Waals surface area contributed by atoms with Crippen molar-refractivity contribution in [1.82, 2.24) is 20.0 Å². The van der Waals surface area contributed by atoms with Crippen molar-refractivity contribution in [2.75, 3.05) is 6.54 Å². The molecule has 1 atom stereocenters. The standard InChI is InChI=1S/C20H28N4O/c1-17(11-14-24-13-6-12-21-24)22-20(25)23(16-19-9-5-10-19)15-18-7-3-2-4-8-18/h2-4,6-8,12-13,17,19H,5,9-11,14-16H2,1H3,(H,22,25)/t17-/m1/s1. The fourth-order valence-electron chi connectivity index (χ4n) is 3.14. The molecule has 1 fully saturated rings. The zero-order valence-electron chi connectivity index (χ0n) is 15.0. The number of urea groups is 1. The van der Waals surface area contributed by atoms with Gasteiger partial charge in [-0.3, -0.25) is 4.68 Å². The second kappa shape index (κ2) is 8.70. The highest BCUT2D eigenvalue weighted by Crippen LogP contribution is 2.27. The Hall–Kier alpha value is -2.30. The molecule has 1 saturated carbocycles. The molecule has 1 heterocycles. The van der Waals surface area contributed by atoms with Crippen LogP contribution >= 0.6 is 0 Å². The highest BCUT2D eigenvalue weighted by atomic mass is 16.2. The summed E-state index contributed by atoms with van der Waals surface area (Å²) < 4.78 is 1.90. The van der Waals surface area contributed by atoms with Crippen molar-refractivity contribution in [3.05, 3.63) is 54.4 Å². The normalized spacial score (nSPS) is 15.4. The molecule has 1 N–H and O–H groups in total. The van der Waals surface area contributed by atoms with Crippen molar-refractivity contribution in [3.63, 3.8) is 0 Å². The molecule has 3 rings (SSSR count). The third-order valence-electron chi connectivity index (χ3n) is 4.93. The van der Waals surface area contributed by atoms with Gasteiger partial charge in [0.15, 0.2) is 0 Å². The van der Waals surface area contributed by atoms with Crippen LogP contribution < -0.4 is 5.32 Å². The van der Waals surface area contributed by atoms with Gasteiger partial charge in [0.2, 0.25) is 0 Å².